The molecule has 0 bridgehead atoms. The highest BCUT2D eigenvalue weighted by Crippen LogP contribution is 2.29. The number of ether oxygens (including phenoxy) is 1. The van der Waals surface area contributed by atoms with Crippen LogP contribution in [0.5, 0.6) is 0 Å². The molecule has 0 unspecified atom stereocenters. The Morgan fingerprint density at radius 1 is 1.00 bits per heavy atom. The second kappa shape index (κ2) is 11.5. The summed E-state index contributed by atoms with van der Waals surface area (Å²) >= 11 is 0. The maximum atomic E-state index is 13.8. The van der Waals surface area contributed by atoms with Gasteiger partial charge in [0, 0.05) is 30.1 Å². The molecule has 4 rings (SSSR count). The number of hydrogen-bond donors (Lipinski definition) is 1. The van der Waals surface area contributed by atoms with Crippen LogP contribution in [-0.4, -0.2) is 43.4 Å². The van der Waals surface area contributed by atoms with Crippen molar-refractivity contribution in [1.29, 1.82) is 0 Å². The summed E-state index contributed by atoms with van der Waals surface area (Å²) in [6.45, 7) is 1.95. The fourth-order valence-corrected chi connectivity index (χ4v) is 5.52. The summed E-state index contributed by atoms with van der Waals surface area (Å²) in [5.41, 5.74) is 3.23. The molecule has 4 aromatic rings. The SMILES string of the molecule is COC(=O)C=Cc1ccc(CN(CCc2ccccc2)S(=O)(=O)c2ccc3oc(C(=O)O)c(C)c3c2)cc1. The standard InChI is InChI=1S/C29H27NO7S/c1-20-25-18-24(13-14-26(25)37-28(20)29(32)33)38(34,35)30(17-16-21-6-4-3-5-7-21)19-23-10-8-22(9-11-23)12-15-27(31)36-2/h3-15,18H,16-17,19H2,1-2H3,(H,32,33). The number of sulfonamides is 1. The lowest BCUT2D eigenvalue weighted by Gasteiger charge is -2.23. The predicted molar refractivity (Wildman–Crippen MR) is 143 cm³/mol. The molecule has 0 aliphatic heterocycles. The Labute approximate surface area is 220 Å². The average molecular weight is 534 g/mol. The molecule has 38 heavy (non-hydrogen) atoms. The van der Waals surface area contributed by atoms with E-state index >= 15 is 0 Å². The summed E-state index contributed by atoms with van der Waals surface area (Å²) in [7, 11) is -2.65. The van der Waals surface area contributed by atoms with Crippen LogP contribution in [0.4, 0.5) is 0 Å². The monoisotopic (exact) mass is 533 g/mol. The summed E-state index contributed by atoms with van der Waals surface area (Å²) in [5, 5.41) is 9.81. The summed E-state index contributed by atoms with van der Waals surface area (Å²) in [6, 6.07) is 21.2. The van der Waals surface area contributed by atoms with Gasteiger partial charge in [-0.05, 0) is 54.3 Å². The average Bonchev–Trinajstić information content (AvgIpc) is 3.26. The van der Waals surface area contributed by atoms with Crippen molar-refractivity contribution in [2.24, 2.45) is 0 Å². The van der Waals surface area contributed by atoms with Crippen LogP contribution in [0.1, 0.15) is 32.8 Å². The second-order valence-electron chi connectivity index (χ2n) is 8.69. The summed E-state index contributed by atoms with van der Waals surface area (Å²) in [5.74, 6) is -1.89. The van der Waals surface area contributed by atoms with Gasteiger partial charge in [0.05, 0.1) is 12.0 Å². The Morgan fingerprint density at radius 2 is 1.71 bits per heavy atom. The minimum Gasteiger partial charge on any atom is -0.475 e. The molecule has 0 saturated heterocycles. The molecule has 0 spiro atoms. The summed E-state index contributed by atoms with van der Waals surface area (Å²) < 4.78 is 39.1. The van der Waals surface area contributed by atoms with Gasteiger partial charge in [0.25, 0.3) is 0 Å². The number of rotatable bonds is 10. The largest absolute Gasteiger partial charge is 0.475 e. The van der Waals surface area contributed by atoms with Gasteiger partial charge in [-0.2, -0.15) is 4.31 Å². The van der Waals surface area contributed by atoms with Crippen LogP contribution in [0.25, 0.3) is 17.0 Å². The van der Waals surface area contributed by atoms with Crippen molar-refractivity contribution in [2.45, 2.75) is 24.8 Å². The number of furan rings is 1. The van der Waals surface area contributed by atoms with E-state index in [9.17, 15) is 23.1 Å². The summed E-state index contributed by atoms with van der Waals surface area (Å²) in [4.78, 5) is 22.9. The number of aryl methyl sites for hydroxylation is 1. The van der Waals surface area contributed by atoms with Crippen molar-refractivity contribution >= 4 is 39.0 Å². The lowest BCUT2D eigenvalue weighted by atomic mass is 10.1. The first-order valence-electron chi connectivity index (χ1n) is 11.8. The molecular weight excluding hydrogens is 506 g/mol. The van der Waals surface area contributed by atoms with E-state index in [1.54, 1.807) is 25.1 Å². The fraction of sp³-hybridized carbons (Fsp3) is 0.172. The third-order valence-corrected chi connectivity index (χ3v) is 8.03. The molecule has 0 atom stereocenters. The summed E-state index contributed by atoms with van der Waals surface area (Å²) in [6.07, 6.45) is 3.44. The van der Waals surface area contributed by atoms with E-state index in [4.69, 9.17) is 4.42 Å². The maximum Gasteiger partial charge on any atom is 0.372 e. The first kappa shape index (κ1) is 26.8. The minimum absolute atomic E-state index is 0.0523. The number of nitrogens with zero attached hydrogens (tertiary/aromatic N) is 1. The number of methoxy groups -OCH3 is 1. The first-order valence-corrected chi connectivity index (χ1v) is 13.3. The van der Waals surface area contributed by atoms with Crippen LogP contribution in [0.3, 0.4) is 0 Å². The molecule has 0 radical (unpaired) electrons. The molecule has 8 nitrogen and oxygen atoms in total. The van der Waals surface area contributed by atoms with E-state index < -0.39 is 22.0 Å². The van der Waals surface area contributed by atoms with E-state index in [1.807, 2.05) is 42.5 Å². The van der Waals surface area contributed by atoms with Crippen LogP contribution in [0.2, 0.25) is 0 Å². The number of esters is 1. The number of benzene rings is 3. The smallest absolute Gasteiger partial charge is 0.372 e. The Kier molecular flexibility index (Phi) is 8.09. The van der Waals surface area contributed by atoms with Crippen molar-refractivity contribution in [2.75, 3.05) is 13.7 Å². The zero-order valence-electron chi connectivity index (χ0n) is 21.0. The van der Waals surface area contributed by atoms with Gasteiger partial charge in [-0.1, -0.05) is 54.6 Å². The molecule has 196 valence electrons. The number of carboxylic acid groups (broad SMARTS) is 1. The Bertz CT molecular complexity index is 1590. The number of carbonyl (C=O) groups is 2. The number of aromatic carboxylic acids is 1. The zero-order chi connectivity index (χ0) is 27.3. The molecule has 9 heteroatoms. The molecule has 0 amide bonds. The van der Waals surface area contributed by atoms with Crippen molar-refractivity contribution in [3.8, 4) is 0 Å². The number of fused-ring (bicyclic) bond motifs is 1. The second-order valence-corrected chi connectivity index (χ2v) is 10.6. The van der Waals surface area contributed by atoms with Gasteiger partial charge in [0.1, 0.15) is 5.58 Å². The molecule has 1 N–H and O–H groups in total. The van der Waals surface area contributed by atoms with Crippen LogP contribution in [0.15, 0.2) is 88.2 Å². The molecule has 0 aliphatic carbocycles. The molecule has 1 heterocycles. The zero-order valence-corrected chi connectivity index (χ0v) is 21.8. The lowest BCUT2D eigenvalue weighted by molar-refractivity contribution is -0.134. The van der Waals surface area contributed by atoms with Gasteiger partial charge < -0.3 is 14.3 Å². The van der Waals surface area contributed by atoms with Gasteiger partial charge in [0.2, 0.25) is 15.8 Å². The molecule has 0 fully saturated rings. The minimum atomic E-state index is -3.95. The topological polar surface area (TPSA) is 114 Å². The number of carboxylic acids is 1. The normalized spacial score (nSPS) is 11.9. The van der Waals surface area contributed by atoms with Crippen molar-refractivity contribution in [1.82, 2.24) is 4.31 Å². The van der Waals surface area contributed by atoms with Gasteiger partial charge in [-0.25, -0.2) is 18.0 Å². The molecule has 1 aromatic heterocycles. The maximum absolute atomic E-state index is 13.8. The molecule has 3 aromatic carbocycles. The van der Waals surface area contributed by atoms with Crippen LogP contribution in [-0.2, 0) is 32.5 Å². The van der Waals surface area contributed by atoms with E-state index in [2.05, 4.69) is 4.74 Å². The number of carbonyl (C=O) groups excluding carboxylic acids is 1. The van der Waals surface area contributed by atoms with Gasteiger partial charge in [0.15, 0.2) is 0 Å². The molecular formula is C29H27NO7S. The Morgan fingerprint density at radius 3 is 2.37 bits per heavy atom. The van der Waals surface area contributed by atoms with Gasteiger partial charge >= 0.3 is 11.9 Å². The van der Waals surface area contributed by atoms with Gasteiger partial charge in [-0.3, -0.25) is 0 Å². The highest BCUT2D eigenvalue weighted by Gasteiger charge is 2.26. The lowest BCUT2D eigenvalue weighted by Crippen LogP contribution is -2.32. The highest BCUT2D eigenvalue weighted by atomic mass is 32.2. The quantitative estimate of drug-likeness (QED) is 0.224. The van der Waals surface area contributed by atoms with Crippen molar-refractivity contribution < 1.29 is 32.3 Å². The Balaban J connectivity index is 1.65. The highest BCUT2D eigenvalue weighted by molar-refractivity contribution is 7.89. The third kappa shape index (κ3) is 6.01. The van der Waals surface area contributed by atoms with Crippen LogP contribution < -0.4 is 0 Å². The van der Waals surface area contributed by atoms with E-state index in [0.717, 1.165) is 16.7 Å². The first-order chi connectivity index (χ1) is 18.2. The van der Waals surface area contributed by atoms with E-state index in [0.29, 0.717) is 23.0 Å². The van der Waals surface area contributed by atoms with E-state index in [-0.39, 0.29) is 23.7 Å². The van der Waals surface area contributed by atoms with Crippen molar-refractivity contribution in [3.05, 3.63) is 107 Å². The van der Waals surface area contributed by atoms with Crippen molar-refractivity contribution in [3.63, 3.8) is 0 Å². The van der Waals surface area contributed by atoms with Crippen LogP contribution >= 0.6 is 0 Å². The number of hydrogen-bond acceptors (Lipinski definition) is 6. The van der Waals surface area contributed by atoms with Gasteiger partial charge in [-0.15, -0.1) is 0 Å². The molecule has 0 aliphatic rings. The predicted octanol–water partition coefficient (Wildman–Crippen LogP) is 5.06. The third-order valence-electron chi connectivity index (χ3n) is 6.18. The molecule has 0 saturated carbocycles. The van der Waals surface area contributed by atoms with Crippen LogP contribution in [0, 0.1) is 6.92 Å². The fourth-order valence-electron chi connectivity index (χ4n) is 4.07. The van der Waals surface area contributed by atoms with E-state index in [1.165, 1.54) is 35.7 Å². The Hall–Kier alpha value is -4.21.